The van der Waals surface area contributed by atoms with Crippen LogP contribution >= 0.6 is 23.2 Å². The number of aryl methyl sites for hydroxylation is 1. The fraction of sp³-hybridized carbons (Fsp3) is 0.600. The summed E-state index contributed by atoms with van der Waals surface area (Å²) >= 11 is 12.3. The van der Waals surface area contributed by atoms with Gasteiger partial charge in [-0.2, -0.15) is 0 Å². The topological polar surface area (TPSA) is 21.3 Å². The maximum Gasteiger partial charge on any atom is 0.138 e. The zero-order chi connectivity index (χ0) is 14.1. The molecule has 0 saturated carbocycles. The van der Waals surface area contributed by atoms with E-state index < -0.39 is 0 Å². The van der Waals surface area contributed by atoms with Gasteiger partial charge in [-0.3, -0.25) is 0 Å². The Bertz CT molecular complexity index is 383. The van der Waals surface area contributed by atoms with E-state index in [0.29, 0.717) is 10.8 Å². The van der Waals surface area contributed by atoms with Gasteiger partial charge in [0.25, 0.3) is 0 Å². The second-order valence-corrected chi connectivity index (χ2v) is 5.41. The van der Waals surface area contributed by atoms with Crippen molar-refractivity contribution in [3.05, 3.63) is 27.7 Å². The lowest BCUT2D eigenvalue weighted by Crippen LogP contribution is -2.13. The highest BCUT2D eigenvalue weighted by molar-refractivity contribution is 6.34. The van der Waals surface area contributed by atoms with Crippen molar-refractivity contribution < 1.29 is 4.74 Å². The maximum atomic E-state index is 6.21. The van der Waals surface area contributed by atoms with Gasteiger partial charge in [0.2, 0.25) is 0 Å². The van der Waals surface area contributed by atoms with E-state index in [9.17, 15) is 0 Å². The predicted molar refractivity (Wildman–Crippen MR) is 83.7 cm³/mol. The quantitative estimate of drug-likeness (QED) is 0.667. The van der Waals surface area contributed by atoms with E-state index in [1.54, 1.807) is 13.2 Å². The minimum Gasteiger partial charge on any atom is -0.495 e. The molecule has 0 aliphatic carbocycles. The highest BCUT2D eigenvalue weighted by Gasteiger charge is 2.07. The molecule has 0 aliphatic rings. The van der Waals surface area contributed by atoms with Crippen molar-refractivity contribution in [1.82, 2.24) is 5.32 Å². The third kappa shape index (κ3) is 6.03. The number of unbranched alkanes of at least 4 members (excludes halogenated alkanes) is 3. The number of hydrogen-bond acceptors (Lipinski definition) is 2. The van der Waals surface area contributed by atoms with E-state index in [2.05, 4.69) is 12.2 Å². The SMILES string of the molecule is CCNCCCCCCc1cc(Cl)c(OC)cc1Cl. The number of methoxy groups -OCH3 is 1. The van der Waals surface area contributed by atoms with Gasteiger partial charge in [0, 0.05) is 11.1 Å². The first-order chi connectivity index (χ1) is 9.19. The molecule has 1 N–H and O–H groups in total. The van der Waals surface area contributed by atoms with Gasteiger partial charge >= 0.3 is 0 Å². The van der Waals surface area contributed by atoms with Crippen LogP contribution in [0.1, 0.15) is 38.2 Å². The summed E-state index contributed by atoms with van der Waals surface area (Å²) in [5.74, 6) is 0.640. The average Bonchev–Trinajstić information content (AvgIpc) is 2.41. The molecule has 0 heterocycles. The molecule has 4 heteroatoms. The second kappa shape index (κ2) is 9.46. The van der Waals surface area contributed by atoms with Crippen LogP contribution in [0.4, 0.5) is 0 Å². The first-order valence-electron chi connectivity index (χ1n) is 6.91. The first-order valence-corrected chi connectivity index (χ1v) is 7.67. The summed E-state index contributed by atoms with van der Waals surface area (Å²) in [5.41, 5.74) is 1.11. The Kier molecular flexibility index (Phi) is 8.27. The van der Waals surface area contributed by atoms with Gasteiger partial charge in [0.15, 0.2) is 0 Å². The summed E-state index contributed by atoms with van der Waals surface area (Å²) in [6, 6.07) is 3.71. The molecule has 0 aliphatic heterocycles. The van der Waals surface area contributed by atoms with Crippen LogP contribution in [-0.2, 0) is 6.42 Å². The van der Waals surface area contributed by atoms with Crippen LogP contribution in [0.3, 0.4) is 0 Å². The van der Waals surface area contributed by atoms with Crippen molar-refractivity contribution in [1.29, 1.82) is 0 Å². The van der Waals surface area contributed by atoms with Gasteiger partial charge in [0.1, 0.15) is 5.75 Å². The fourth-order valence-electron chi connectivity index (χ4n) is 2.01. The fourth-order valence-corrected chi connectivity index (χ4v) is 2.53. The zero-order valence-corrected chi connectivity index (χ0v) is 13.3. The van der Waals surface area contributed by atoms with E-state index >= 15 is 0 Å². The minimum atomic E-state index is 0.633. The van der Waals surface area contributed by atoms with E-state index in [1.165, 1.54) is 19.3 Å². The van der Waals surface area contributed by atoms with Crippen LogP contribution in [0, 0.1) is 0 Å². The van der Waals surface area contributed by atoms with Gasteiger partial charge < -0.3 is 10.1 Å². The summed E-state index contributed by atoms with van der Waals surface area (Å²) in [4.78, 5) is 0. The van der Waals surface area contributed by atoms with Crippen molar-refractivity contribution >= 4 is 23.2 Å². The summed E-state index contributed by atoms with van der Waals surface area (Å²) in [5, 5.41) is 4.71. The predicted octanol–water partition coefficient (Wildman–Crippen LogP) is 4.71. The molecule has 0 atom stereocenters. The van der Waals surface area contributed by atoms with E-state index in [4.69, 9.17) is 27.9 Å². The summed E-state index contributed by atoms with van der Waals surface area (Å²) in [6.07, 6.45) is 5.85. The number of nitrogens with one attached hydrogen (secondary N) is 1. The molecule has 1 aromatic rings. The number of halogens is 2. The molecule has 0 spiro atoms. The maximum absolute atomic E-state index is 6.21. The zero-order valence-electron chi connectivity index (χ0n) is 11.8. The smallest absolute Gasteiger partial charge is 0.138 e. The Hall–Kier alpha value is -0.440. The molecule has 1 aromatic carbocycles. The third-order valence-electron chi connectivity index (χ3n) is 3.12. The largest absolute Gasteiger partial charge is 0.495 e. The molecule has 0 saturated heterocycles. The van der Waals surface area contributed by atoms with E-state index in [-0.39, 0.29) is 0 Å². The molecule has 2 nitrogen and oxygen atoms in total. The first kappa shape index (κ1) is 16.6. The number of rotatable bonds is 9. The van der Waals surface area contributed by atoms with Crippen LogP contribution in [0.5, 0.6) is 5.75 Å². The van der Waals surface area contributed by atoms with E-state index in [0.717, 1.165) is 36.5 Å². The minimum absolute atomic E-state index is 0.633. The lowest BCUT2D eigenvalue weighted by atomic mass is 10.1. The van der Waals surface area contributed by atoms with Gasteiger partial charge in [-0.1, -0.05) is 43.0 Å². The van der Waals surface area contributed by atoms with Gasteiger partial charge in [-0.15, -0.1) is 0 Å². The summed E-state index contributed by atoms with van der Waals surface area (Å²) < 4.78 is 5.14. The second-order valence-electron chi connectivity index (χ2n) is 4.60. The van der Waals surface area contributed by atoms with Crippen LogP contribution in [0.25, 0.3) is 0 Å². The molecule has 0 fully saturated rings. The third-order valence-corrected chi connectivity index (χ3v) is 3.77. The van der Waals surface area contributed by atoms with Gasteiger partial charge in [0.05, 0.1) is 12.1 Å². The Morgan fingerprint density at radius 2 is 1.79 bits per heavy atom. The van der Waals surface area contributed by atoms with Crippen molar-refractivity contribution in [3.8, 4) is 5.75 Å². The molecular formula is C15H23Cl2NO. The molecular weight excluding hydrogens is 281 g/mol. The molecule has 0 aromatic heterocycles. The molecule has 0 amide bonds. The number of benzene rings is 1. The Morgan fingerprint density at radius 1 is 1.05 bits per heavy atom. The number of ether oxygens (including phenoxy) is 1. The van der Waals surface area contributed by atoms with Crippen molar-refractivity contribution in [2.24, 2.45) is 0 Å². The summed E-state index contributed by atoms with van der Waals surface area (Å²) in [7, 11) is 1.60. The highest BCUT2D eigenvalue weighted by Crippen LogP contribution is 2.31. The average molecular weight is 304 g/mol. The number of hydrogen-bond donors (Lipinski definition) is 1. The Balaban J connectivity index is 2.31. The van der Waals surface area contributed by atoms with E-state index in [1.807, 2.05) is 6.07 Å². The van der Waals surface area contributed by atoms with Crippen molar-refractivity contribution in [3.63, 3.8) is 0 Å². The molecule has 1 rings (SSSR count). The van der Waals surface area contributed by atoms with Crippen LogP contribution < -0.4 is 10.1 Å². The van der Waals surface area contributed by atoms with Gasteiger partial charge in [-0.25, -0.2) is 0 Å². The lowest BCUT2D eigenvalue weighted by Gasteiger charge is -2.09. The molecule has 0 unspecified atom stereocenters. The molecule has 0 radical (unpaired) electrons. The van der Waals surface area contributed by atoms with Crippen LogP contribution in [0.15, 0.2) is 12.1 Å². The van der Waals surface area contributed by atoms with Gasteiger partial charge in [-0.05, 0) is 44.0 Å². The van der Waals surface area contributed by atoms with Crippen LogP contribution in [0.2, 0.25) is 10.0 Å². The lowest BCUT2D eigenvalue weighted by molar-refractivity contribution is 0.415. The normalized spacial score (nSPS) is 10.7. The monoisotopic (exact) mass is 303 g/mol. The van der Waals surface area contributed by atoms with Crippen LogP contribution in [-0.4, -0.2) is 20.2 Å². The molecule has 19 heavy (non-hydrogen) atoms. The van der Waals surface area contributed by atoms with Crippen molar-refractivity contribution in [2.45, 2.75) is 39.0 Å². The highest BCUT2D eigenvalue weighted by atomic mass is 35.5. The standard InChI is InChI=1S/C15H23Cl2NO/c1-3-18-9-7-5-4-6-8-12-10-14(17)15(19-2)11-13(12)16/h10-11,18H,3-9H2,1-2H3. The molecule has 108 valence electrons. The van der Waals surface area contributed by atoms with Crippen molar-refractivity contribution in [2.75, 3.05) is 20.2 Å². The summed E-state index contributed by atoms with van der Waals surface area (Å²) in [6.45, 7) is 4.31. The molecule has 0 bridgehead atoms. The Morgan fingerprint density at radius 3 is 2.47 bits per heavy atom. The Labute approximate surface area is 126 Å².